The number of amides is 1. The first kappa shape index (κ1) is 29.9. The van der Waals surface area contributed by atoms with E-state index < -0.39 is 10.0 Å². The predicted molar refractivity (Wildman–Crippen MR) is 166 cm³/mol. The molecule has 2 aliphatic rings. The van der Waals surface area contributed by atoms with Crippen molar-refractivity contribution in [3.63, 3.8) is 0 Å². The fraction of sp³-hybridized carbons (Fsp3) is 0.433. The van der Waals surface area contributed by atoms with Crippen LogP contribution >= 0.6 is 0 Å². The van der Waals surface area contributed by atoms with Gasteiger partial charge in [-0.05, 0) is 49.4 Å². The average Bonchev–Trinajstić information content (AvgIpc) is 3.66. The van der Waals surface area contributed by atoms with E-state index in [1.165, 1.54) is 22.4 Å². The Kier molecular flexibility index (Phi) is 8.22. The summed E-state index contributed by atoms with van der Waals surface area (Å²) in [4.78, 5) is 29.4. The number of nitrogens with one attached hydrogen (secondary N) is 1. The minimum absolute atomic E-state index is 0.0496. The Morgan fingerprint density at radius 2 is 1.77 bits per heavy atom. The number of imidazole rings is 1. The highest BCUT2D eigenvalue weighted by Gasteiger charge is 2.31. The number of hydrogen-bond donors (Lipinski definition) is 1. The molecule has 5 heterocycles. The van der Waals surface area contributed by atoms with Crippen LogP contribution in [0.3, 0.4) is 0 Å². The van der Waals surface area contributed by atoms with Crippen molar-refractivity contribution in [2.75, 3.05) is 45.1 Å². The molecule has 44 heavy (non-hydrogen) atoms. The number of sulfonamides is 1. The molecule has 0 unspecified atom stereocenters. The number of carbonyl (C=O) groups excluding carboxylic acids is 1. The van der Waals surface area contributed by atoms with Crippen LogP contribution in [0.4, 0.5) is 5.95 Å². The molecule has 13 nitrogen and oxygen atoms in total. The Morgan fingerprint density at radius 3 is 2.48 bits per heavy atom. The molecule has 6 rings (SSSR count). The standard InChI is InChI=1S/C30H38N10O3S/c1-21-13-23(16-38-12-11-37(4)28(41)19-38)5-6-26(21)40-17-24(15-33-40)29-22(2)14-31-30(35-29)34-25-7-9-39(10-8-25)44(42,43)27-18-36(3)20-32-27/h5-6,13-15,17-18,20,25H,7-12,16,19H2,1-4H3,(H,31,34,35). The molecule has 1 aromatic carbocycles. The van der Waals surface area contributed by atoms with Gasteiger partial charge in [-0.15, -0.1) is 0 Å². The second-order valence-corrected chi connectivity index (χ2v) is 13.6. The summed E-state index contributed by atoms with van der Waals surface area (Å²) >= 11 is 0. The van der Waals surface area contributed by atoms with Gasteiger partial charge >= 0.3 is 0 Å². The van der Waals surface area contributed by atoms with Gasteiger partial charge in [0.15, 0.2) is 5.03 Å². The highest BCUT2D eigenvalue weighted by molar-refractivity contribution is 7.89. The molecule has 3 aromatic heterocycles. The topological polar surface area (TPSA) is 134 Å². The molecule has 0 radical (unpaired) electrons. The number of aromatic nitrogens is 6. The van der Waals surface area contributed by atoms with Gasteiger partial charge in [-0.3, -0.25) is 9.69 Å². The third-order valence-corrected chi connectivity index (χ3v) is 10.1. The van der Waals surface area contributed by atoms with Gasteiger partial charge in [0.25, 0.3) is 10.0 Å². The molecule has 232 valence electrons. The fourth-order valence-electron chi connectivity index (χ4n) is 5.73. The molecule has 14 heteroatoms. The van der Waals surface area contributed by atoms with E-state index in [9.17, 15) is 13.2 Å². The Hall–Kier alpha value is -4.14. The van der Waals surface area contributed by atoms with E-state index >= 15 is 0 Å². The molecule has 0 saturated carbocycles. The lowest BCUT2D eigenvalue weighted by Crippen LogP contribution is -2.47. The lowest BCUT2D eigenvalue weighted by molar-refractivity contribution is -0.134. The molecule has 2 saturated heterocycles. The van der Waals surface area contributed by atoms with E-state index in [0.717, 1.165) is 47.7 Å². The summed E-state index contributed by atoms with van der Waals surface area (Å²) in [5, 5.41) is 8.12. The summed E-state index contributed by atoms with van der Waals surface area (Å²) in [6.45, 7) is 7.64. The number of piperidine rings is 1. The smallest absolute Gasteiger partial charge is 0.262 e. The van der Waals surface area contributed by atoms with Crippen molar-refractivity contribution >= 4 is 21.9 Å². The van der Waals surface area contributed by atoms with Crippen molar-refractivity contribution in [2.45, 2.75) is 44.3 Å². The molecule has 2 aliphatic heterocycles. The van der Waals surface area contributed by atoms with Crippen molar-refractivity contribution in [1.82, 2.24) is 43.4 Å². The molecule has 1 N–H and O–H groups in total. The van der Waals surface area contributed by atoms with Crippen LogP contribution in [-0.2, 0) is 28.4 Å². The maximum absolute atomic E-state index is 12.9. The molecule has 2 fully saturated rings. The van der Waals surface area contributed by atoms with Crippen molar-refractivity contribution < 1.29 is 13.2 Å². The zero-order chi connectivity index (χ0) is 31.0. The van der Waals surface area contributed by atoms with Gasteiger partial charge in [-0.1, -0.05) is 12.1 Å². The lowest BCUT2D eigenvalue weighted by Gasteiger charge is -2.32. The molecular weight excluding hydrogens is 580 g/mol. The van der Waals surface area contributed by atoms with Crippen LogP contribution < -0.4 is 5.32 Å². The zero-order valence-corrected chi connectivity index (χ0v) is 26.3. The number of likely N-dealkylation sites (N-methyl/N-ethyl adjacent to an activating group) is 1. The molecule has 0 atom stereocenters. The van der Waals surface area contributed by atoms with Crippen molar-refractivity contribution in [2.24, 2.45) is 7.05 Å². The number of carbonyl (C=O) groups is 1. The SMILES string of the molecule is Cc1cc(CN2CCN(C)C(=O)C2)ccc1-n1cc(-c2nc(NC3CCN(S(=O)(=O)c4cn(C)cn4)CC3)ncc2C)cn1. The second kappa shape index (κ2) is 12.1. The first-order chi connectivity index (χ1) is 21.1. The summed E-state index contributed by atoms with van der Waals surface area (Å²) in [7, 11) is -0.00247. The first-order valence-corrected chi connectivity index (χ1v) is 16.2. The van der Waals surface area contributed by atoms with Crippen LogP contribution in [-0.4, -0.2) is 104 Å². The summed E-state index contributed by atoms with van der Waals surface area (Å²) in [5.41, 5.74) is 5.84. The van der Waals surface area contributed by atoms with Gasteiger partial charge in [0, 0.05) is 77.0 Å². The Bertz CT molecular complexity index is 1770. The van der Waals surface area contributed by atoms with E-state index in [2.05, 4.69) is 50.4 Å². The van der Waals surface area contributed by atoms with Gasteiger partial charge < -0.3 is 14.8 Å². The monoisotopic (exact) mass is 618 g/mol. The third-order valence-electron chi connectivity index (χ3n) is 8.35. The Labute approximate surface area is 257 Å². The van der Waals surface area contributed by atoms with Gasteiger partial charge in [0.2, 0.25) is 11.9 Å². The maximum atomic E-state index is 12.9. The normalized spacial score (nSPS) is 17.4. The number of aryl methyl sites for hydroxylation is 3. The minimum atomic E-state index is -3.61. The van der Waals surface area contributed by atoms with E-state index in [1.54, 1.807) is 22.7 Å². The van der Waals surface area contributed by atoms with Crippen LogP contribution in [0.1, 0.15) is 29.5 Å². The highest BCUT2D eigenvalue weighted by atomic mass is 32.2. The molecule has 1 amide bonds. The quantitative estimate of drug-likeness (QED) is 0.316. The zero-order valence-electron chi connectivity index (χ0n) is 25.5. The van der Waals surface area contributed by atoms with Gasteiger partial charge in [0.1, 0.15) is 0 Å². The lowest BCUT2D eigenvalue weighted by atomic mass is 10.1. The van der Waals surface area contributed by atoms with Gasteiger partial charge in [-0.25, -0.2) is 28.1 Å². The minimum Gasteiger partial charge on any atom is -0.351 e. The predicted octanol–water partition coefficient (Wildman–Crippen LogP) is 2.22. The summed E-state index contributed by atoms with van der Waals surface area (Å²) < 4.78 is 30.8. The van der Waals surface area contributed by atoms with Crippen LogP contribution in [0, 0.1) is 13.8 Å². The molecule has 0 spiro atoms. The van der Waals surface area contributed by atoms with Crippen LogP contribution in [0.5, 0.6) is 0 Å². The maximum Gasteiger partial charge on any atom is 0.262 e. The fourth-order valence-corrected chi connectivity index (χ4v) is 7.17. The number of rotatable bonds is 8. The highest BCUT2D eigenvalue weighted by Crippen LogP contribution is 2.26. The number of piperazine rings is 1. The number of benzene rings is 1. The first-order valence-electron chi connectivity index (χ1n) is 14.8. The summed E-state index contributed by atoms with van der Waals surface area (Å²) in [6, 6.07) is 6.37. The average molecular weight is 619 g/mol. The Morgan fingerprint density at radius 1 is 0.977 bits per heavy atom. The number of hydrogen-bond acceptors (Lipinski definition) is 9. The van der Waals surface area contributed by atoms with Crippen LogP contribution in [0.15, 0.2) is 54.3 Å². The van der Waals surface area contributed by atoms with E-state index in [1.807, 2.05) is 31.0 Å². The van der Waals surface area contributed by atoms with E-state index in [-0.39, 0.29) is 17.0 Å². The van der Waals surface area contributed by atoms with Gasteiger partial charge in [0.05, 0.1) is 30.5 Å². The molecule has 0 aliphatic carbocycles. The molecular formula is C30H38N10O3S. The number of nitrogens with zero attached hydrogens (tertiary/aromatic N) is 9. The van der Waals surface area contributed by atoms with Crippen molar-refractivity contribution in [3.05, 3.63) is 66.0 Å². The molecule has 0 bridgehead atoms. The second-order valence-electron chi connectivity index (χ2n) is 11.7. The Balaban J connectivity index is 1.11. The van der Waals surface area contributed by atoms with E-state index in [0.29, 0.717) is 38.4 Å². The molecule has 4 aromatic rings. The summed E-state index contributed by atoms with van der Waals surface area (Å²) in [6.07, 6.45) is 9.87. The van der Waals surface area contributed by atoms with Crippen molar-refractivity contribution in [1.29, 1.82) is 0 Å². The van der Waals surface area contributed by atoms with Crippen LogP contribution in [0.2, 0.25) is 0 Å². The van der Waals surface area contributed by atoms with Crippen molar-refractivity contribution in [3.8, 4) is 16.9 Å². The van der Waals surface area contributed by atoms with Gasteiger partial charge in [-0.2, -0.15) is 9.40 Å². The van der Waals surface area contributed by atoms with Crippen LogP contribution in [0.25, 0.3) is 16.9 Å². The number of anilines is 1. The largest absolute Gasteiger partial charge is 0.351 e. The summed E-state index contributed by atoms with van der Waals surface area (Å²) in [5.74, 6) is 0.664. The van der Waals surface area contributed by atoms with E-state index in [4.69, 9.17) is 4.98 Å². The third kappa shape index (κ3) is 6.23.